The fourth-order valence-electron chi connectivity index (χ4n) is 1.80. The topological polar surface area (TPSA) is 64.3 Å². The molecule has 0 amide bonds. The molecule has 0 saturated heterocycles. The Kier molecular flexibility index (Phi) is 4.68. The fraction of sp³-hybridized carbons (Fsp3) is 0.385. The van der Waals surface area contributed by atoms with Gasteiger partial charge in [-0.25, -0.2) is 4.98 Å². The smallest absolute Gasteiger partial charge is 0.261 e. The first kappa shape index (κ1) is 14.2. The predicted molar refractivity (Wildman–Crippen MR) is 76.2 cm³/mol. The van der Waals surface area contributed by atoms with Crippen molar-refractivity contribution in [1.29, 1.82) is 0 Å². The molecule has 2 aromatic rings. The number of hydrogen-bond acceptors (Lipinski definition) is 4. The molecule has 0 spiro atoms. The Balaban J connectivity index is 2.28. The van der Waals surface area contributed by atoms with Crippen molar-refractivity contribution in [3.8, 4) is 0 Å². The lowest BCUT2D eigenvalue weighted by Crippen LogP contribution is -2.29. The van der Waals surface area contributed by atoms with Gasteiger partial charge in [0, 0.05) is 11.1 Å². The minimum atomic E-state index is -0.715. The Bertz CT molecular complexity index is 627. The van der Waals surface area contributed by atoms with Crippen LogP contribution in [0.1, 0.15) is 6.92 Å². The Morgan fingerprint density at radius 1 is 1.53 bits per heavy atom. The number of rotatable bonds is 5. The van der Waals surface area contributed by atoms with Gasteiger partial charge in [0.1, 0.15) is 0 Å². The molecule has 1 unspecified atom stereocenters. The van der Waals surface area contributed by atoms with Gasteiger partial charge in [0.15, 0.2) is 0 Å². The Morgan fingerprint density at radius 2 is 2.32 bits per heavy atom. The average molecular weight is 327 g/mol. The minimum Gasteiger partial charge on any atom is -0.389 e. The summed E-state index contributed by atoms with van der Waals surface area (Å²) in [5.41, 5.74) is 0.475. The number of halogens is 1. The molecule has 6 heteroatoms. The summed E-state index contributed by atoms with van der Waals surface area (Å²) in [7, 11) is 0. The SMILES string of the molecule is CCOCC(O)Cn1cnc2cc(Br)ccc2c1=O. The number of benzene rings is 1. The molecule has 0 radical (unpaired) electrons. The molecule has 1 N–H and O–H groups in total. The van der Waals surface area contributed by atoms with Crippen LogP contribution in [0.4, 0.5) is 0 Å². The fourth-order valence-corrected chi connectivity index (χ4v) is 2.14. The lowest BCUT2D eigenvalue weighted by atomic mass is 10.2. The van der Waals surface area contributed by atoms with Crippen LogP contribution in [0.5, 0.6) is 0 Å². The maximum Gasteiger partial charge on any atom is 0.261 e. The van der Waals surface area contributed by atoms with Crippen molar-refractivity contribution in [2.75, 3.05) is 13.2 Å². The molecule has 0 fully saturated rings. The standard InChI is InChI=1S/C13H15BrN2O3/c1-2-19-7-10(17)6-16-8-15-12-5-9(14)3-4-11(12)13(16)18/h3-5,8,10,17H,2,6-7H2,1H3. The summed E-state index contributed by atoms with van der Waals surface area (Å²) in [6.45, 7) is 2.78. The summed E-state index contributed by atoms with van der Waals surface area (Å²) >= 11 is 3.34. The van der Waals surface area contributed by atoms with Crippen molar-refractivity contribution < 1.29 is 9.84 Å². The third-order valence-corrected chi connectivity index (χ3v) is 3.20. The third-order valence-electron chi connectivity index (χ3n) is 2.71. The van der Waals surface area contributed by atoms with Crippen molar-refractivity contribution >= 4 is 26.8 Å². The van der Waals surface area contributed by atoms with Gasteiger partial charge in [0.2, 0.25) is 0 Å². The van der Waals surface area contributed by atoms with Gasteiger partial charge in [-0.15, -0.1) is 0 Å². The summed E-state index contributed by atoms with van der Waals surface area (Å²) in [6, 6.07) is 5.31. The van der Waals surface area contributed by atoms with E-state index in [1.54, 1.807) is 18.2 Å². The summed E-state index contributed by atoms with van der Waals surface area (Å²) in [5.74, 6) is 0. The lowest BCUT2D eigenvalue weighted by Gasteiger charge is -2.12. The number of aliphatic hydroxyl groups excluding tert-OH is 1. The number of ether oxygens (including phenoxy) is 1. The van der Waals surface area contributed by atoms with E-state index in [1.165, 1.54) is 10.9 Å². The molecule has 0 aliphatic carbocycles. The number of aromatic nitrogens is 2. The van der Waals surface area contributed by atoms with Gasteiger partial charge in [0.05, 0.1) is 36.5 Å². The molecule has 1 atom stereocenters. The highest BCUT2D eigenvalue weighted by Crippen LogP contribution is 2.14. The van der Waals surface area contributed by atoms with Crippen molar-refractivity contribution in [1.82, 2.24) is 9.55 Å². The molecular formula is C13H15BrN2O3. The zero-order valence-corrected chi connectivity index (χ0v) is 12.1. The van der Waals surface area contributed by atoms with Crippen LogP contribution in [0.3, 0.4) is 0 Å². The largest absolute Gasteiger partial charge is 0.389 e. The van der Waals surface area contributed by atoms with Crippen molar-refractivity contribution in [2.24, 2.45) is 0 Å². The summed E-state index contributed by atoms with van der Waals surface area (Å²) in [4.78, 5) is 16.4. The van der Waals surface area contributed by atoms with Crippen molar-refractivity contribution in [3.63, 3.8) is 0 Å². The molecule has 0 aliphatic heterocycles. The zero-order chi connectivity index (χ0) is 13.8. The van der Waals surface area contributed by atoms with E-state index in [0.29, 0.717) is 17.5 Å². The Labute approximate surface area is 119 Å². The van der Waals surface area contributed by atoms with Crippen LogP contribution in [0, 0.1) is 0 Å². The highest BCUT2D eigenvalue weighted by Gasteiger charge is 2.09. The van der Waals surface area contributed by atoms with E-state index in [4.69, 9.17) is 4.74 Å². The van der Waals surface area contributed by atoms with Crippen LogP contribution in [0.25, 0.3) is 10.9 Å². The molecule has 5 nitrogen and oxygen atoms in total. The van der Waals surface area contributed by atoms with Gasteiger partial charge in [-0.2, -0.15) is 0 Å². The Morgan fingerprint density at radius 3 is 3.05 bits per heavy atom. The normalized spacial score (nSPS) is 12.8. The minimum absolute atomic E-state index is 0.159. The van der Waals surface area contributed by atoms with Crippen LogP contribution < -0.4 is 5.56 Å². The summed E-state index contributed by atoms with van der Waals surface area (Å²) in [6.07, 6.45) is 0.735. The highest BCUT2D eigenvalue weighted by molar-refractivity contribution is 9.10. The number of hydrogen-bond donors (Lipinski definition) is 1. The van der Waals surface area contributed by atoms with Gasteiger partial charge >= 0.3 is 0 Å². The van der Waals surface area contributed by atoms with Crippen LogP contribution in [-0.2, 0) is 11.3 Å². The van der Waals surface area contributed by atoms with Gasteiger partial charge in [-0.3, -0.25) is 9.36 Å². The first-order valence-corrected chi connectivity index (χ1v) is 6.81. The van der Waals surface area contributed by atoms with E-state index < -0.39 is 6.10 Å². The molecule has 102 valence electrons. The van der Waals surface area contributed by atoms with Crippen LogP contribution in [0.2, 0.25) is 0 Å². The van der Waals surface area contributed by atoms with E-state index in [2.05, 4.69) is 20.9 Å². The molecule has 1 aromatic carbocycles. The number of fused-ring (bicyclic) bond motifs is 1. The van der Waals surface area contributed by atoms with Crippen molar-refractivity contribution in [2.45, 2.75) is 19.6 Å². The molecule has 19 heavy (non-hydrogen) atoms. The molecule has 1 heterocycles. The molecule has 0 saturated carbocycles. The van der Waals surface area contributed by atoms with E-state index >= 15 is 0 Å². The lowest BCUT2D eigenvalue weighted by molar-refractivity contribution is 0.0329. The maximum atomic E-state index is 12.2. The van der Waals surface area contributed by atoms with Gasteiger partial charge in [-0.05, 0) is 25.1 Å². The van der Waals surface area contributed by atoms with Gasteiger partial charge < -0.3 is 9.84 Å². The van der Waals surface area contributed by atoms with E-state index in [9.17, 15) is 9.90 Å². The second-order valence-electron chi connectivity index (χ2n) is 4.18. The third kappa shape index (κ3) is 3.40. The molecular weight excluding hydrogens is 312 g/mol. The van der Waals surface area contributed by atoms with Crippen molar-refractivity contribution in [3.05, 3.63) is 39.4 Å². The monoisotopic (exact) mass is 326 g/mol. The molecule has 0 aliphatic rings. The molecule has 2 rings (SSSR count). The molecule has 1 aromatic heterocycles. The van der Waals surface area contributed by atoms with Crippen LogP contribution in [-0.4, -0.2) is 34.0 Å². The first-order chi connectivity index (χ1) is 9.11. The predicted octanol–water partition coefficient (Wildman–Crippen LogP) is 1.56. The maximum absolute atomic E-state index is 12.2. The summed E-state index contributed by atoms with van der Waals surface area (Å²) < 4.78 is 7.40. The summed E-state index contributed by atoms with van der Waals surface area (Å²) in [5, 5.41) is 10.3. The molecule has 0 bridgehead atoms. The Hall–Kier alpha value is -1.24. The second kappa shape index (κ2) is 6.27. The van der Waals surface area contributed by atoms with Crippen LogP contribution >= 0.6 is 15.9 Å². The quantitative estimate of drug-likeness (QED) is 0.905. The second-order valence-corrected chi connectivity index (χ2v) is 5.09. The van der Waals surface area contributed by atoms with E-state index in [-0.39, 0.29) is 18.7 Å². The first-order valence-electron chi connectivity index (χ1n) is 6.02. The zero-order valence-electron chi connectivity index (χ0n) is 10.5. The number of aliphatic hydroxyl groups is 1. The highest BCUT2D eigenvalue weighted by atomic mass is 79.9. The van der Waals surface area contributed by atoms with Gasteiger partial charge in [0.25, 0.3) is 5.56 Å². The van der Waals surface area contributed by atoms with E-state index in [0.717, 1.165) is 4.47 Å². The van der Waals surface area contributed by atoms with E-state index in [1.807, 2.05) is 6.92 Å². The average Bonchev–Trinajstić information content (AvgIpc) is 2.39. The number of nitrogens with zero attached hydrogens (tertiary/aromatic N) is 2. The van der Waals surface area contributed by atoms with Crippen LogP contribution in [0.15, 0.2) is 33.8 Å². The van der Waals surface area contributed by atoms with Gasteiger partial charge in [-0.1, -0.05) is 15.9 Å².